The molecule has 1 heterocycles. The molecule has 184 valence electrons. The standard InChI is InChI=1S/C29H40N2OS2/c1-2-3-4-5-6-7-8-9-10-11-12-13-14-15-16-17-18-19-20-23-28(32)30-26-27-33-34-29-24-21-22-25-31-29/h3-4,6-7,9-10,12-13,15-16,18-19,21-22,24-25H,2,5,8,11,14,17,20,23,26-27H2,1H3,(H,30,32). The molecule has 34 heavy (non-hydrogen) atoms. The van der Waals surface area contributed by atoms with Gasteiger partial charge in [-0.15, -0.1) is 0 Å². The smallest absolute Gasteiger partial charge is 0.220 e. The fourth-order valence-electron chi connectivity index (χ4n) is 2.67. The van der Waals surface area contributed by atoms with Crippen LogP contribution in [-0.4, -0.2) is 23.2 Å². The normalized spacial score (nSPS) is 12.5. The summed E-state index contributed by atoms with van der Waals surface area (Å²) in [4.78, 5) is 16.1. The van der Waals surface area contributed by atoms with E-state index in [0.717, 1.165) is 55.7 Å². The number of pyridine rings is 1. The summed E-state index contributed by atoms with van der Waals surface area (Å²) in [5.41, 5.74) is 0. The third kappa shape index (κ3) is 20.4. The van der Waals surface area contributed by atoms with Gasteiger partial charge in [0.05, 0.1) is 0 Å². The zero-order chi connectivity index (χ0) is 24.4. The van der Waals surface area contributed by atoms with Gasteiger partial charge in [0.2, 0.25) is 5.91 Å². The number of nitrogens with one attached hydrogen (secondary N) is 1. The van der Waals surface area contributed by atoms with Crippen molar-refractivity contribution in [2.75, 3.05) is 12.3 Å². The Bertz CT molecular complexity index is 796. The van der Waals surface area contributed by atoms with E-state index < -0.39 is 0 Å². The molecule has 0 aromatic carbocycles. The van der Waals surface area contributed by atoms with Crippen LogP contribution in [0.25, 0.3) is 0 Å². The van der Waals surface area contributed by atoms with E-state index in [1.807, 2.05) is 18.2 Å². The first-order chi connectivity index (χ1) is 16.8. The molecular formula is C29H40N2OS2. The lowest BCUT2D eigenvalue weighted by Gasteiger charge is -2.03. The number of carbonyl (C=O) groups is 1. The summed E-state index contributed by atoms with van der Waals surface area (Å²) in [5, 5.41) is 3.96. The molecule has 0 radical (unpaired) electrons. The molecular weight excluding hydrogens is 456 g/mol. The maximum atomic E-state index is 11.9. The first-order valence-corrected chi connectivity index (χ1v) is 14.5. The Balaban J connectivity index is 1.92. The maximum Gasteiger partial charge on any atom is 0.220 e. The van der Waals surface area contributed by atoms with Gasteiger partial charge in [0.15, 0.2) is 0 Å². The van der Waals surface area contributed by atoms with E-state index >= 15 is 0 Å². The highest BCUT2D eigenvalue weighted by Crippen LogP contribution is 2.28. The van der Waals surface area contributed by atoms with Crippen molar-refractivity contribution in [3.05, 3.63) is 97.3 Å². The van der Waals surface area contributed by atoms with E-state index in [-0.39, 0.29) is 5.91 Å². The number of nitrogens with zero attached hydrogens (tertiary/aromatic N) is 1. The number of aromatic nitrogens is 1. The lowest BCUT2D eigenvalue weighted by molar-refractivity contribution is -0.120. The molecule has 0 aliphatic carbocycles. The van der Waals surface area contributed by atoms with E-state index in [1.54, 1.807) is 27.8 Å². The summed E-state index contributed by atoms with van der Waals surface area (Å²) in [6, 6.07) is 5.88. The van der Waals surface area contributed by atoms with Crippen LogP contribution in [-0.2, 0) is 4.79 Å². The fraction of sp³-hybridized carbons (Fsp3) is 0.379. The van der Waals surface area contributed by atoms with Crippen LogP contribution in [0.2, 0.25) is 0 Å². The van der Waals surface area contributed by atoms with Gasteiger partial charge >= 0.3 is 0 Å². The number of allylic oxidation sites excluding steroid dienone is 12. The van der Waals surface area contributed by atoms with Crippen molar-refractivity contribution < 1.29 is 4.79 Å². The molecule has 1 aromatic rings. The molecule has 1 rings (SSSR count). The van der Waals surface area contributed by atoms with E-state index in [4.69, 9.17) is 0 Å². The van der Waals surface area contributed by atoms with Crippen LogP contribution in [0.15, 0.2) is 102 Å². The van der Waals surface area contributed by atoms with Crippen LogP contribution in [0.3, 0.4) is 0 Å². The second-order valence-electron chi connectivity index (χ2n) is 7.38. The second-order valence-corrected chi connectivity index (χ2v) is 9.81. The highest BCUT2D eigenvalue weighted by atomic mass is 33.1. The van der Waals surface area contributed by atoms with Crippen molar-refractivity contribution in [3.8, 4) is 0 Å². The Morgan fingerprint density at radius 3 is 1.91 bits per heavy atom. The van der Waals surface area contributed by atoms with Crippen molar-refractivity contribution in [2.24, 2.45) is 0 Å². The van der Waals surface area contributed by atoms with Crippen molar-refractivity contribution in [3.63, 3.8) is 0 Å². The van der Waals surface area contributed by atoms with Crippen LogP contribution >= 0.6 is 21.6 Å². The summed E-state index contributed by atoms with van der Waals surface area (Å²) >= 11 is 0. The third-order valence-electron chi connectivity index (χ3n) is 4.42. The zero-order valence-corrected chi connectivity index (χ0v) is 22.1. The average molecular weight is 497 g/mol. The van der Waals surface area contributed by atoms with Crippen LogP contribution in [0.5, 0.6) is 0 Å². The molecule has 1 aromatic heterocycles. The minimum Gasteiger partial charge on any atom is -0.355 e. The Hall–Kier alpha value is -2.24. The van der Waals surface area contributed by atoms with Crippen LogP contribution in [0.1, 0.15) is 58.3 Å². The molecule has 0 spiro atoms. The predicted octanol–water partition coefficient (Wildman–Crippen LogP) is 8.42. The molecule has 0 saturated carbocycles. The van der Waals surface area contributed by atoms with Crippen LogP contribution in [0, 0.1) is 0 Å². The topological polar surface area (TPSA) is 42.0 Å². The van der Waals surface area contributed by atoms with Gasteiger partial charge in [-0.05, 0) is 67.9 Å². The monoisotopic (exact) mass is 496 g/mol. The van der Waals surface area contributed by atoms with Gasteiger partial charge < -0.3 is 5.32 Å². The molecule has 1 N–H and O–H groups in total. The number of hydrogen-bond acceptors (Lipinski definition) is 4. The first-order valence-electron chi connectivity index (χ1n) is 12.2. The Labute approximate surface area is 215 Å². The second kappa shape index (κ2) is 23.9. The van der Waals surface area contributed by atoms with Gasteiger partial charge in [0.1, 0.15) is 5.03 Å². The van der Waals surface area contributed by atoms with E-state index in [2.05, 4.69) is 90.1 Å². The molecule has 0 atom stereocenters. The van der Waals surface area contributed by atoms with Crippen LogP contribution in [0.4, 0.5) is 0 Å². The summed E-state index contributed by atoms with van der Waals surface area (Å²) in [5.74, 6) is 0.982. The van der Waals surface area contributed by atoms with Crippen LogP contribution < -0.4 is 5.32 Å². The van der Waals surface area contributed by atoms with E-state index in [1.165, 1.54) is 0 Å². The first kappa shape index (κ1) is 29.8. The number of rotatable bonds is 19. The summed E-state index contributed by atoms with van der Waals surface area (Å²) in [6.07, 6.45) is 35.4. The summed E-state index contributed by atoms with van der Waals surface area (Å²) in [6.45, 7) is 2.84. The molecule has 0 unspecified atom stereocenters. The molecule has 0 aliphatic heterocycles. The third-order valence-corrected chi connectivity index (χ3v) is 6.69. The lowest BCUT2D eigenvalue weighted by atomic mass is 10.2. The number of carbonyl (C=O) groups excluding carboxylic acids is 1. The zero-order valence-electron chi connectivity index (χ0n) is 20.5. The minimum atomic E-state index is 0.114. The van der Waals surface area contributed by atoms with Gasteiger partial charge in [-0.2, -0.15) is 0 Å². The summed E-state index contributed by atoms with van der Waals surface area (Å²) in [7, 11) is 3.35. The quantitative estimate of drug-likeness (QED) is 0.119. The van der Waals surface area contributed by atoms with E-state index in [9.17, 15) is 4.79 Å². The Kier molecular flexibility index (Phi) is 20.9. The highest BCUT2D eigenvalue weighted by molar-refractivity contribution is 8.76. The van der Waals surface area contributed by atoms with Crippen molar-refractivity contribution in [2.45, 2.75) is 63.3 Å². The average Bonchev–Trinajstić information content (AvgIpc) is 2.86. The molecule has 0 fully saturated rings. The van der Waals surface area contributed by atoms with Crippen molar-refractivity contribution >= 4 is 27.5 Å². The fourth-order valence-corrected chi connectivity index (χ4v) is 4.46. The molecule has 1 amide bonds. The predicted molar refractivity (Wildman–Crippen MR) is 153 cm³/mol. The molecule has 3 nitrogen and oxygen atoms in total. The van der Waals surface area contributed by atoms with E-state index in [0.29, 0.717) is 13.0 Å². The van der Waals surface area contributed by atoms with Gasteiger partial charge in [0, 0.05) is 24.9 Å². The maximum absolute atomic E-state index is 11.9. The number of amides is 1. The molecule has 0 bridgehead atoms. The highest BCUT2D eigenvalue weighted by Gasteiger charge is 1.99. The van der Waals surface area contributed by atoms with Crippen molar-refractivity contribution in [1.82, 2.24) is 10.3 Å². The number of hydrogen-bond donors (Lipinski definition) is 1. The Morgan fingerprint density at radius 2 is 1.38 bits per heavy atom. The lowest BCUT2D eigenvalue weighted by Crippen LogP contribution is -2.24. The van der Waals surface area contributed by atoms with Gasteiger partial charge in [-0.25, -0.2) is 4.98 Å². The van der Waals surface area contributed by atoms with Gasteiger partial charge in [0.25, 0.3) is 0 Å². The summed E-state index contributed by atoms with van der Waals surface area (Å²) < 4.78 is 0. The SMILES string of the molecule is CCC=CCC=CCC=CCC=CCC=CCC=CCCC(=O)NCCSSc1ccccn1. The molecule has 0 aliphatic rings. The Morgan fingerprint density at radius 1 is 0.824 bits per heavy atom. The van der Waals surface area contributed by atoms with Crippen molar-refractivity contribution in [1.29, 1.82) is 0 Å². The van der Waals surface area contributed by atoms with Gasteiger partial charge in [-0.1, -0.05) is 96.7 Å². The van der Waals surface area contributed by atoms with Gasteiger partial charge in [-0.3, -0.25) is 4.79 Å². The largest absolute Gasteiger partial charge is 0.355 e. The molecule has 0 saturated heterocycles. The minimum absolute atomic E-state index is 0.114. The molecule has 5 heteroatoms.